The van der Waals surface area contributed by atoms with Crippen molar-refractivity contribution in [1.82, 2.24) is 10.6 Å². The van der Waals surface area contributed by atoms with E-state index in [2.05, 4.69) is 26.6 Å². The average Bonchev–Trinajstić information content (AvgIpc) is 3.12. The molecule has 0 aliphatic carbocycles. The average molecular weight is 419 g/mol. The van der Waals surface area contributed by atoms with Crippen LogP contribution >= 0.6 is 15.9 Å². The maximum atomic E-state index is 12.2. The molecule has 1 heterocycles. The van der Waals surface area contributed by atoms with Crippen LogP contribution in [0.15, 0.2) is 46.9 Å². The molecule has 2 aromatic carbocycles. The first-order valence-electron chi connectivity index (χ1n) is 8.29. The summed E-state index contributed by atoms with van der Waals surface area (Å²) in [5.74, 6) is 0.562. The van der Waals surface area contributed by atoms with Crippen LogP contribution in [-0.4, -0.2) is 25.2 Å². The Kier molecular flexibility index (Phi) is 5.78. The summed E-state index contributed by atoms with van der Waals surface area (Å²) in [6.45, 7) is 2.05. The zero-order valence-electron chi connectivity index (χ0n) is 14.3. The van der Waals surface area contributed by atoms with E-state index in [4.69, 9.17) is 9.47 Å². The Morgan fingerprint density at radius 3 is 2.58 bits per heavy atom. The van der Waals surface area contributed by atoms with Gasteiger partial charge in [-0.05, 0) is 42.3 Å². The number of ether oxygens (including phenoxy) is 2. The first-order valence-corrected chi connectivity index (χ1v) is 9.09. The standard InChI is InChI=1S/C19H19BrN2O4/c1-2-15(12-3-6-14(20)7-4-12)22-18(23)10-21-19(24)13-5-8-16-17(9-13)26-11-25-16/h3-9,15H,2,10-11H2,1H3,(H,21,24)(H,22,23)/t15-/m0/s1. The minimum atomic E-state index is -0.338. The molecule has 2 aromatic rings. The van der Waals surface area contributed by atoms with Crippen LogP contribution < -0.4 is 20.1 Å². The van der Waals surface area contributed by atoms with Crippen LogP contribution in [-0.2, 0) is 4.79 Å². The van der Waals surface area contributed by atoms with Crippen LogP contribution in [0.25, 0.3) is 0 Å². The van der Waals surface area contributed by atoms with Crippen LogP contribution in [0.5, 0.6) is 11.5 Å². The molecule has 0 saturated heterocycles. The third-order valence-corrected chi connectivity index (χ3v) is 4.59. The molecule has 0 saturated carbocycles. The first-order chi connectivity index (χ1) is 12.6. The number of carbonyl (C=O) groups is 2. The molecular formula is C19H19BrN2O4. The monoisotopic (exact) mass is 418 g/mol. The number of amides is 2. The lowest BCUT2D eigenvalue weighted by atomic mass is 10.0. The molecule has 0 fully saturated rings. The van der Waals surface area contributed by atoms with Crippen molar-refractivity contribution >= 4 is 27.7 Å². The summed E-state index contributed by atoms with van der Waals surface area (Å²) >= 11 is 3.40. The fourth-order valence-electron chi connectivity index (χ4n) is 2.66. The van der Waals surface area contributed by atoms with Crippen molar-refractivity contribution in [3.63, 3.8) is 0 Å². The molecule has 1 aliphatic heterocycles. The minimum Gasteiger partial charge on any atom is -0.454 e. The smallest absolute Gasteiger partial charge is 0.251 e. The van der Waals surface area contributed by atoms with Gasteiger partial charge in [0.15, 0.2) is 11.5 Å². The Bertz CT molecular complexity index is 808. The molecule has 1 aliphatic rings. The van der Waals surface area contributed by atoms with Gasteiger partial charge in [-0.3, -0.25) is 9.59 Å². The molecule has 7 heteroatoms. The molecule has 2 N–H and O–H groups in total. The summed E-state index contributed by atoms with van der Waals surface area (Å²) in [6, 6.07) is 12.6. The molecule has 0 spiro atoms. The second-order valence-electron chi connectivity index (χ2n) is 5.83. The van der Waals surface area contributed by atoms with Gasteiger partial charge in [0, 0.05) is 10.0 Å². The molecule has 6 nitrogen and oxygen atoms in total. The number of rotatable bonds is 6. The Balaban J connectivity index is 1.54. The number of fused-ring (bicyclic) bond motifs is 1. The van der Waals surface area contributed by atoms with Crippen molar-refractivity contribution in [2.45, 2.75) is 19.4 Å². The number of halogens is 1. The van der Waals surface area contributed by atoms with Crippen LogP contribution in [0.3, 0.4) is 0 Å². The molecule has 26 heavy (non-hydrogen) atoms. The molecule has 3 rings (SSSR count). The van der Waals surface area contributed by atoms with Gasteiger partial charge in [-0.25, -0.2) is 0 Å². The lowest BCUT2D eigenvalue weighted by molar-refractivity contribution is -0.120. The van der Waals surface area contributed by atoms with Gasteiger partial charge < -0.3 is 20.1 Å². The Hall–Kier alpha value is -2.54. The second-order valence-corrected chi connectivity index (χ2v) is 6.75. The van der Waals surface area contributed by atoms with Crippen molar-refractivity contribution in [3.8, 4) is 11.5 Å². The fourth-order valence-corrected chi connectivity index (χ4v) is 2.93. The van der Waals surface area contributed by atoms with E-state index >= 15 is 0 Å². The van der Waals surface area contributed by atoms with Gasteiger partial charge in [0.2, 0.25) is 12.7 Å². The minimum absolute atomic E-state index is 0.0969. The zero-order valence-corrected chi connectivity index (χ0v) is 15.8. The van der Waals surface area contributed by atoms with E-state index in [1.54, 1.807) is 18.2 Å². The number of hydrogen-bond acceptors (Lipinski definition) is 4. The van der Waals surface area contributed by atoms with Gasteiger partial charge in [0.25, 0.3) is 5.91 Å². The summed E-state index contributed by atoms with van der Waals surface area (Å²) in [4.78, 5) is 24.4. The van der Waals surface area contributed by atoms with E-state index in [1.807, 2.05) is 31.2 Å². The first kappa shape index (κ1) is 18.3. The van der Waals surface area contributed by atoms with Crippen molar-refractivity contribution in [1.29, 1.82) is 0 Å². The van der Waals surface area contributed by atoms with Gasteiger partial charge in [-0.1, -0.05) is 35.0 Å². The summed E-state index contributed by atoms with van der Waals surface area (Å²) in [5, 5.41) is 5.56. The summed E-state index contributed by atoms with van der Waals surface area (Å²) in [6.07, 6.45) is 0.753. The predicted molar refractivity (Wildman–Crippen MR) is 100 cm³/mol. The summed E-state index contributed by atoms with van der Waals surface area (Å²) < 4.78 is 11.5. The highest BCUT2D eigenvalue weighted by atomic mass is 79.9. The highest BCUT2D eigenvalue weighted by Gasteiger charge is 2.17. The molecule has 2 amide bonds. The third kappa shape index (κ3) is 4.35. The van der Waals surface area contributed by atoms with E-state index in [0.29, 0.717) is 17.1 Å². The van der Waals surface area contributed by atoms with Crippen LogP contribution in [0.4, 0.5) is 0 Å². The normalized spacial score (nSPS) is 13.2. The fraction of sp³-hybridized carbons (Fsp3) is 0.263. The molecule has 0 bridgehead atoms. The quantitative estimate of drug-likeness (QED) is 0.754. The summed E-state index contributed by atoms with van der Waals surface area (Å²) in [5.41, 5.74) is 1.44. The number of benzene rings is 2. The molecule has 136 valence electrons. The van der Waals surface area contributed by atoms with Crippen molar-refractivity contribution in [2.75, 3.05) is 13.3 Å². The van der Waals surface area contributed by atoms with E-state index in [9.17, 15) is 9.59 Å². The molecular weight excluding hydrogens is 400 g/mol. The zero-order chi connectivity index (χ0) is 18.5. The maximum absolute atomic E-state index is 12.2. The third-order valence-electron chi connectivity index (χ3n) is 4.06. The molecule has 0 aromatic heterocycles. The highest BCUT2D eigenvalue weighted by Crippen LogP contribution is 2.32. The van der Waals surface area contributed by atoms with E-state index in [-0.39, 0.29) is 31.2 Å². The van der Waals surface area contributed by atoms with Gasteiger partial charge in [-0.15, -0.1) is 0 Å². The van der Waals surface area contributed by atoms with Crippen molar-refractivity contribution in [2.24, 2.45) is 0 Å². The largest absolute Gasteiger partial charge is 0.454 e. The van der Waals surface area contributed by atoms with E-state index < -0.39 is 0 Å². The SMILES string of the molecule is CC[C@H](NC(=O)CNC(=O)c1ccc2c(c1)OCO2)c1ccc(Br)cc1. The lowest BCUT2D eigenvalue weighted by Crippen LogP contribution is -2.38. The van der Waals surface area contributed by atoms with Gasteiger partial charge in [0.05, 0.1) is 12.6 Å². The second kappa shape index (κ2) is 8.23. The molecule has 0 radical (unpaired) electrons. The van der Waals surface area contributed by atoms with Crippen LogP contribution in [0.2, 0.25) is 0 Å². The molecule has 0 unspecified atom stereocenters. The molecule has 1 atom stereocenters. The highest BCUT2D eigenvalue weighted by molar-refractivity contribution is 9.10. The number of nitrogens with one attached hydrogen (secondary N) is 2. The van der Waals surface area contributed by atoms with E-state index in [1.165, 1.54) is 0 Å². The van der Waals surface area contributed by atoms with Gasteiger partial charge >= 0.3 is 0 Å². The van der Waals surface area contributed by atoms with Crippen LogP contribution in [0, 0.1) is 0 Å². The topological polar surface area (TPSA) is 76.7 Å². The maximum Gasteiger partial charge on any atom is 0.251 e. The predicted octanol–water partition coefficient (Wildman–Crippen LogP) is 3.18. The van der Waals surface area contributed by atoms with Crippen LogP contribution in [0.1, 0.15) is 35.3 Å². The van der Waals surface area contributed by atoms with E-state index in [0.717, 1.165) is 16.5 Å². The number of hydrogen-bond donors (Lipinski definition) is 2. The van der Waals surface area contributed by atoms with Gasteiger partial charge in [-0.2, -0.15) is 0 Å². The lowest BCUT2D eigenvalue weighted by Gasteiger charge is -2.18. The Labute approximate surface area is 160 Å². The van der Waals surface area contributed by atoms with Crippen molar-refractivity contribution in [3.05, 3.63) is 58.1 Å². The number of carbonyl (C=O) groups excluding carboxylic acids is 2. The Morgan fingerprint density at radius 1 is 1.12 bits per heavy atom. The van der Waals surface area contributed by atoms with Gasteiger partial charge in [0.1, 0.15) is 0 Å². The Morgan fingerprint density at radius 2 is 1.85 bits per heavy atom. The summed E-state index contributed by atoms with van der Waals surface area (Å²) in [7, 11) is 0. The van der Waals surface area contributed by atoms with Crippen molar-refractivity contribution < 1.29 is 19.1 Å².